The normalized spacial score (nSPS) is 12.5. The van der Waals surface area contributed by atoms with Gasteiger partial charge in [-0.05, 0) is 40.5 Å². The first-order chi connectivity index (χ1) is 8.01. The molecule has 0 heterocycles. The van der Waals surface area contributed by atoms with Crippen molar-refractivity contribution in [2.24, 2.45) is 11.7 Å². The van der Waals surface area contributed by atoms with Crippen LogP contribution in [0, 0.1) is 11.7 Å². The molecule has 0 aliphatic rings. The first kappa shape index (κ1) is 14.6. The summed E-state index contributed by atoms with van der Waals surface area (Å²) in [7, 11) is 0. The topological polar surface area (TPSA) is 43.1 Å². The van der Waals surface area contributed by atoms with Crippen molar-refractivity contribution in [3.05, 3.63) is 33.0 Å². The molecule has 1 unspecified atom stereocenters. The zero-order valence-electron chi connectivity index (χ0n) is 9.47. The fraction of sp³-hybridized carbons (Fsp3) is 0.417. The first-order valence-electron chi connectivity index (χ1n) is 5.38. The zero-order valence-corrected chi connectivity index (χ0v) is 11.8. The van der Waals surface area contributed by atoms with Gasteiger partial charge in [0.2, 0.25) is 0 Å². The van der Waals surface area contributed by atoms with Gasteiger partial charge in [0.1, 0.15) is 0 Å². The maximum Gasteiger partial charge on any atom is 0.166 e. The molecular formula is C12H14BrClFNO. The number of carbonyl (C=O) groups is 1. The van der Waals surface area contributed by atoms with Crippen LogP contribution in [-0.2, 0) is 0 Å². The van der Waals surface area contributed by atoms with E-state index in [2.05, 4.69) is 15.9 Å². The van der Waals surface area contributed by atoms with Crippen LogP contribution in [0.15, 0.2) is 16.6 Å². The highest BCUT2D eigenvalue weighted by Crippen LogP contribution is 2.28. The van der Waals surface area contributed by atoms with E-state index in [1.807, 2.05) is 6.92 Å². The lowest BCUT2D eigenvalue weighted by atomic mass is 9.96. The number of nitrogens with two attached hydrogens (primary N) is 1. The molecule has 0 aliphatic heterocycles. The summed E-state index contributed by atoms with van der Waals surface area (Å²) < 4.78 is 14.2. The van der Waals surface area contributed by atoms with Gasteiger partial charge in [-0.1, -0.05) is 24.9 Å². The molecule has 0 saturated heterocycles. The van der Waals surface area contributed by atoms with Gasteiger partial charge >= 0.3 is 0 Å². The minimum Gasteiger partial charge on any atom is -0.330 e. The largest absolute Gasteiger partial charge is 0.330 e. The predicted molar refractivity (Wildman–Crippen MR) is 70.9 cm³/mol. The van der Waals surface area contributed by atoms with E-state index in [0.29, 0.717) is 11.0 Å². The van der Waals surface area contributed by atoms with Crippen LogP contribution in [0.3, 0.4) is 0 Å². The second kappa shape index (κ2) is 6.47. The van der Waals surface area contributed by atoms with E-state index < -0.39 is 5.82 Å². The number of rotatable bonds is 5. The van der Waals surface area contributed by atoms with Crippen molar-refractivity contribution < 1.29 is 9.18 Å². The summed E-state index contributed by atoms with van der Waals surface area (Å²) >= 11 is 8.84. The van der Waals surface area contributed by atoms with E-state index in [9.17, 15) is 9.18 Å². The SMILES string of the molecule is CCC(CN)CC(=O)c1ccc(Br)c(Cl)c1F. The Morgan fingerprint density at radius 1 is 1.59 bits per heavy atom. The highest BCUT2D eigenvalue weighted by atomic mass is 79.9. The summed E-state index contributed by atoms with van der Waals surface area (Å²) in [5, 5.41) is -0.0587. The molecule has 17 heavy (non-hydrogen) atoms. The predicted octanol–water partition coefficient (Wildman–Crippen LogP) is 3.80. The second-order valence-corrected chi connectivity index (χ2v) is 5.09. The average molecular weight is 323 g/mol. The maximum absolute atomic E-state index is 13.8. The Balaban J connectivity index is 2.93. The molecule has 0 fully saturated rings. The average Bonchev–Trinajstić information content (AvgIpc) is 2.32. The van der Waals surface area contributed by atoms with E-state index >= 15 is 0 Å². The highest BCUT2D eigenvalue weighted by Gasteiger charge is 2.18. The second-order valence-electron chi connectivity index (χ2n) is 3.86. The molecule has 0 aromatic heterocycles. The van der Waals surface area contributed by atoms with Gasteiger partial charge in [-0.3, -0.25) is 4.79 Å². The van der Waals surface area contributed by atoms with E-state index in [0.717, 1.165) is 6.42 Å². The molecule has 1 aromatic carbocycles. The van der Waals surface area contributed by atoms with Gasteiger partial charge in [-0.15, -0.1) is 0 Å². The molecule has 94 valence electrons. The number of benzene rings is 1. The molecule has 2 nitrogen and oxygen atoms in total. The third-order valence-electron chi connectivity index (χ3n) is 2.72. The first-order valence-corrected chi connectivity index (χ1v) is 6.55. The highest BCUT2D eigenvalue weighted by molar-refractivity contribution is 9.10. The minimum atomic E-state index is -0.669. The van der Waals surface area contributed by atoms with Crippen LogP contribution in [-0.4, -0.2) is 12.3 Å². The molecular weight excluding hydrogens is 308 g/mol. The van der Waals surface area contributed by atoms with Crippen LogP contribution in [0.4, 0.5) is 4.39 Å². The van der Waals surface area contributed by atoms with Crippen molar-refractivity contribution in [1.82, 2.24) is 0 Å². The maximum atomic E-state index is 13.8. The molecule has 0 amide bonds. The van der Waals surface area contributed by atoms with Crippen LogP contribution in [0.5, 0.6) is 0 Å². The van der Waals surface area contributed by atoms with Gasteiger partial charge in [-0.25, -0.2) is 4.39 Å². The fourth-order valence-corrected chi connectivity index (χ4v) is 1.98. The van der Waals surface area contributed by atoms with Crippen LogP contribution in [0.2, 0.25) is 5.02 Å². The summed E-state index contributed by atoms with van der Waals surface area (Å²) in [5.74, 6) is -0.837. The van der Waals surface area contributed by atoms with Crippen molar-refractivity contribution in [3.8, 4) is 0 Å². The van der Waals surface area contributed by atoms with Crippen LogP contribution >= 0.6 is 27.5 Å². The third-order valence-corrected chi connectivity index (χ3v) is 3.98. The lowest BCUT2D eigenvalue weighted by Crippen LogP contribution is -2.18. The molecule has 0 bridgehead atoms. The smallest absolute Gasteiger partial charge is 0.166 e. The van der Waals surface area contributed by atoms with Crippen LogP contribution in [0.25, 0.3) is 0 Å². The van der Waals surface area contributed by atoms with E-state index in [1.165, 1.54) is 6.07 Å². The third kappa shape index (κ3) is 3.50. The van der Waals surface area contributed by atoms with Crippen molar-refractivity contribution in [2.45, 2.75) is 19.8 Å². The molecule has 1 atom stereocenters. The lowest BCUT2D eigenvalue weighted by molar-refractivity contribution is 0.0957. The monoisotopic (exact) mass is 321 g/mol. The van der Waals surface area contributed by atoms with Gasteiger partial charge in [0.15, 0.2) is 11.6 Å². The van der Waals surface area contributed by atoms with Gasteiger partial charge in [0, 0.05) is 10.9 Å². The van der Waals surface area contributed by atoms with Crippen molar-refractivity contribution in [1.29, 1.82) is 0 Å². The van der Waals surface area contributed by atoms with Gasteiger partial charge in [0.25, 0.3) is 0 Å². The molecule has 2 N–H and O–H groups in total. The van der Waals surface area contributed by atoms with Crippen molar-refractivity contribution >= 4 is 33.3 Å². The Bertz CT molecular complexity index is 421. The molecule has 0 radical (unpaired) electrons. The summed E-state index contributed by atoms with van der Waals surface area (Å²) in [6, 6.07) is 3.01. The Labute approximate surface area is 113 Å². The van der Waals surface area contributed by atoms with Gasteiger partial charge in [0.05, 0.1) is 10.6 Å². The Hall–Kier alpha value is -0.450. The number of carbonyl (C=O) groups excluding carboxylic acids is 1. The number of Topliss-reactive ketones (excluding diaryl/α,β-unsaturated/α-hetero) is 1. The number of hydrogen-bond donors (Lipinski definition) is 1. The van der Waals surface area contributed by atoms with E-state index in [1.54, 1.807) is 6.07 Å². The molecule has 1 rings (SSSR count). The minimum absolute atomic E-state index is 0.0325. The molecule has 0 spiro atoms. The Morgan fingerprint density at radius 3 is 2.76 bits per heavy atom. The Morgan fingerprint density at radius 2 is 2.24 bits per heavy atom. The summed E-state index contributed by atoms with van der Waals surface area (Å²) in [5.41, 5.74) is 5.55. The number of hydrogen-bond acceptors (Lipinski definition) is 2. The standard InChI is InChI=1S/C12H14BrClFNO/c1-2-7(6-16)5-10(17)8-3-4-9(13)11(14)12(8)15/h3-4,7H,2,5-6,16H2,1H3. The van der Waals surface area contributed by atoms with Crippen molar-refractivity contribution in [2.75, 3.05) is 6.54 Å². The number of ketones is 1. The Kier molecular flexibility index (Phi) is 5.56. The van der Waals surface area contributed by atoms with Gasteiger partial charge in [-0.2, -0.15) is 0 Å². The molecule has 5 heteroatoms. The van der Waals surface area contributed by atoms with Crippen LogP contribution < -0.4 is 5.73 Å². The molecule has 0 aliphatic carbocycles. The van der Waals surface area contributed by atoms with E-state index in [-0.39, 0.29) is 28.7 Å². The quantitative estimate of drug-likeness (QED) is 0.662. The zero-order chi connectivity index (χ0) is 13.0. The van der Waals surface area contributed by atoms with Gasteiger partial charge < -0.3 is 5.73 Å². The lowest BCUT2D eigenvalue weighted by Gasteiger charge is -2.11. The van der Waals surface area contributed by atoms with E-state index in [4.69, 9.17) is 17.3 Å². The fourth-order valence-electron chi connectivity index (χ4n) is 1.51. The molecule has 1 aromatic rings. The van der Waals surface area contributed by atoms with Crippen LogP contribution in [0.1, 0.15) is 30.1 Å². The van der Waals surface area contributed by atoms with Crippen molar-refractivity contribution in [3.63, 3.8) is 0 Å². The molecule has 0 saturated carbocycles. The summed E-state index contributed by atoms with van der Waals surface area (Å²) in [6.07, 6.45) is 1.05. The summed E-state index contributed by atoms with van der Waals surface area (Å²) in [4.78, 5) is 11.9. The number of halogens is 3. The summed E-state index contributed by atoms with van der Waals surface area (Å²) in [6.45, 7) is 2.38.